The molecule has 0 aromatic rings. The third kappa shape index (κ3) is 5.67. The molecule has 0 aromatic carbocycles. The minimum absolute atomic E-state index is 0.0308. The maximum absolute atomic E-state index is 13.8. The van der Waals surface area contributed by atoms with Crippen molar-refractivity contribution in [3.8, 4) is 0 Å². The van der Waals surface area contributed by atoms with Crippen molar-refractivity contribution in [1.82, 2.24) is 15.1 Å². The van der Waals surface area contributed by atoms with Gasteiger partial charge in [0.25, 0.3) is 0 Å². The molecule has 33 heavy (non-hydrogen) atoms. The van der Waals surface area contributed by atoms with E-state index in [4.69, 9.17) is 16.9 Å². The monoisotopic (exact) mass is 464 g/mol. The van der Waals surface area contributed by atoms with Gasteiger partial charge in [0.1, 0.15) is 6.17 Å². The highest BCUT2D eigenvalue weighted by molar-refractivity contribution is 5.83. The summed E-state index contributed by atoms with van der Waals surface area (Å²) in [4.78, 5) is 29.5. The van der Waals surface area contributed by atoms with E-state index in [1.807, 2.05) is 0 Å². The largest absolute Gasteiger partial charge is 0.387 e. The first-order chi connectivity index (χ1) is 15.9. The van der Waals surface area contributed by atoms with Gasteiger partial charge in [-0.25, -0.2) is 4.39 Å². The molecule has 9 heteroatoms. The molecule has 4 fully saturated rings. The van der Waals surface area contributed by atoms with E-state index in [2.05, 4.69) is 10.2 Å². The van der Waals surface area contributed by atoms with Gasteiger partial charge in [-0.2, -0.15) is 0 Å². The van der Waals surface area contributed by atoms with E-state index in [0.717, 1.165) is 57.9 Å². The number of hydrogen-bond acceptors (Lipinski definition) is 5. The van der Waals surface area contributed by atoms with Crippen LogP contribution in [0.2, 0.25) is 0 Å². The van der Waals surface area contributed by atoms with Crippen molar-refractivity contribution in [1.29, 1.82) is 5.41 Å². The summed E-state index contributed by atoms with van der Waals surface area (Å²) in [5.41, 5.74) is 11.4. The Kier molecular flexibility index (Phi) is 7.89. The van der Waals surface area contributed by atoms with Gasteiger partial charge < -0.3 is 21.7 Å². The highest BCUT2D eigenvalue weighted by Crippen LogP contribution is 2.43. The van der Waals surface area contributed by atoms with Crippen LogP contribution < -0.4 is 16.8 Å². The summed E-state index contributed by atoms with van der Waals surface area (Å²) in [6.45, 7) is 1.97. The molecule has 0 radical (unpaired) electrons. The molecule has 8 nitrogen and oxygen atoms in total. The van der Waals surface area contributed by atoms with Gasteiger partial charge in [-0.3, -0.25) is 19.9 Å². The van der Waals surface area contributed by atoms with Crippen LogP contribution in [-0.2, 0) is 9.59 Å². The molecule has 4 aliphatic rings. The summed E-state index contributed by atoms with van der Waals surface area (Å²) in [6.07, 6.45) is 7.47. The zero-order chi connectivity index (χ0) is 23.5. The fourth-order valence-corrected chi connectivity index (χ4v) is 6.68. The summed E-state index contributed by atoms with van der Waals surface area (Å²) in [5.74, 6) is 1.40. The minimum Gasteiger partial charge on any atom is -0.387 e. The maximum atomic E-state index is 13.8. The lowest BCUT2D eigenvalue weighted by atomic mass is 9.77. The topological polar surface area (TPSA) is 129 Å². The average Bonchev–Trinajstić information content (AvgIpc) is 3.38. The molecule has 186 valence electrons. The van der Waals surface area contributed by atoms with Crippen LogP contribution in [0, 0.1) is 23.2 Å². The number of nitrogens with zero attached hydrogens (tertiary/aromatic N) is 2. The van der Waals surface area contributed by atoms with Gasteiger partial charge in [-0.1, -0.05) is 0 Å². The van der Waals surface area contributed by atoms with Crippen molar-refractivity contribution >= 4 is 17.6 Å². The number of carbonyl (C=O) groups excluding carboxylic acids is 2. The molecular weight excluding hydrogens is 423 g/mol. The summed E-state index contributed by atoms with van der Waals surface area (Å²) in [7, 11) is 0. The first-order valence-corrected chi connectivity index (χ1v) is 12.9. The highest BCUT2D eigenvalue weighted by atomic mass is 19.1. The van der Waals surface area contributed by atoms with E-state index in [1.54, 1.807) is 4.90 Å². The molecule has 2 aliphatic heterocycles. The molecule has 4 unspecified atom stereocenters. The van der Waals surface area contributed by atoms with Crippen LogP contribution in [0.25, 0.3) is 0 Å². The van der Waals surface area contributed by atoms with Crippen molar-refractivity contribution in [2.75, 3.05) is 26.2 Å². The fraction of sp³-hybridized carbons (Fsp3) is 0.875. The summed E-state index contributed by atoms with van der Waals surface area (Å²) in [5, 5.41) is 11.1. The van der Waals surface area contributed by atoms with E-state index >= 15 is 0 Å². The fourth-order valence-electron chi connectivity index (χ4n) is 6.68. The van der Waals surface area contributed by atoms with Crippen LogP contribution in [0.3, 0.4) is 0 Å². The number of nitrogens with two attached hydrogens (primary N) is 2. The minimum atomic E-state index is -0.905. The molecule has 0 bridgehead atoms. The number of alkyl halides is 1. The van der Waals surface area contributed by atoms with Crippen LogP contribution in [0.4, 0.5) is 4.39 Å². The number of amidine groups is 1. The lowest BCUT2D eigenvalue weighted by Gasteiger charge is -2.40. The van der Waals surface area contributed by atoms with Crippen molar-refractivity contribution in [2.24, 2.45) is 29.2 Å². The van der Waals surface area contributed by atoms with E-state index < -0.39 is 6.17 Å². The van der Waals surface area contributed by atoms with Crippen LogP contribution in [0.15, 0.2) is 0 Å². The predicted molar refractivity (Wildman–Crippen MR) is 125 cm³/mol. The van der Waals surface area contributed by atoms with Gasteiger partial charge in [0.15, 0.2) is 0 Å². The lowest BCUT2D eigenvalue weighted by molar-refractivity contribution is -0.136. The third-order valence-corrected chi connectivity index (χ3v) is 8.53. The summed E-state index contributed by atoms with van der Waals surface area (Å²) in [6, 6.07) is 0.303. The Morgan fingerprint density at radius 1 is 1.06 bits per heavy atom. The lowest BCUT2D eigenvalue weighted by Crippen LogP contribution is -2.51. The second-order valence-corrected chi connectivity index (χ2v) is 10.7. The number of halogens is 1. The Bertz CT molecular complexity index is 728. The Morgan fingerprint density at radius 3 is 2.45 bits per heavy atom. The normalized spacial score (nSPS) is 37.0. The molecule has 2 aliphatic carbocycles. The highest BCUT2D eigenvalue weighted by Gasteiger charge is 2.49. The van der Waals surface area contributed by atoms with E-state index in [9.17, 15) is 14.0 Å². The zero-order valence-electron chi connectivity index (χ0n) is 19.7. The SMILES string of the molecule is N=C(N)C1CCC2CC(C(=O)N3CC[C@H](F)C3)N(CC3CCC(NC(=O)CCN)CC3)C2C1. The van der Waals surface area contributed by atoms with Crippen LogP contribution >= 0.6 is 0 Å². The first-order valence-electron chi connectivity index (χ1n) is 12.9. The standard InChI is InChI=1S/C24H41FN6O2/c25-18-8-10-30(14-18)24(33)21-11-16-3-4-17(23(27)28)12-20(16)31(21)13-15-1-5-19(6-2-15)29-22(32)7-9-26/h15-21H,1-14,26H2,(H3,27,28)(H,29,32)/t15?,16?,17?,18-,19?,20?,21?/m0/s1. The Labute approximate surface area is 196 Å². The summed E-state index contributed by atoms with van der Waals surface area (Å²) < 4.78 is 13.8. The Hall–Kier alpha value is -1.74. The van der Waals surface area contributed by atoms with E-state index in [0.29, 0.717) is 37.8 Å². The molecule has 2 saturated carbocycles. The van der Waals surface area contributed by atoms with Gasteiger partial charge in [-0.15, -0.1) is 0 Å². The molecule has 0 spiro atoms. The zero-order valence-corrected chi connectivity index (χ0v) is 19.7. The predicted octanol–water partition coefficient (Wildman–Crippen LogP) is 1.38. The number of carbonyl (C=O) groups is 2. The summed E-state index contributed by atoms with van der Waals surface area (Å²) >= 11 is 0. The number of likely N-dealkylation sites (tertiary alicyclic amines) is 2. The second-order valence-electron chi connectivity index (χ2n) is 10.7. The van der Waals surface area contributed by atoms with Gasteiger partial charge >= 0.3 is 0 Å². The smallest absolute Gasteiger partial charge is 0.240 e. The van der Waals surface area contributed by atoms with E-state index in [1.165, 1.54) is 0 Å². The van der Waals surface area contributed by atoms with Crippen LogP contribution in [-0.4, -0.2) is 77.9 Å². The third-order valence-electron chi connectivity index (χ3n) is 8.53. The van der Waals surface area contributed by atoms with Crippen molar-refractivity contribution in [3.63, 3.8) is 0 Å². The quantitative estimate of drug-likeness (QED) is 0.334. The number of rotatable bonds is 7. The van der Waals surface area contributed by atoms with E-state index in [-0.39, 0.29) is 48.2 Å². The maximum Gasteiger partial charge on any atom is 0.240 e. The molecule has 2 heterocycles. The van der Waals surface area contributed by atoms with Gasteiger partial charge in [-0.05, 0) is 69.6 Å². The second kappa shape index (κ2) is 10.7. The molecule has 4 rings (SSSR count). The van der Waals surface area contributed by atoms with Crippen molar-refractivity contribution < 1.29 is 14.0 Å². The molecule has 6 N–H and O–H groups in total. The van der Waals surface area contributed by atoms with Crippen LogP contribution in [0.5, 0.6) is 0 Å². The Balaban J connectivity index is 1.41. The molecule has 2 saturated heterocycles. The number of fused-ring (bicyclic) bond motifs is 1. The number of amides is 2. The van der Waals surface area contributed by atoms with Crippen LogP contribution in [0.1, 0.15) is 64.2 Å². The molecular formula is C24H41FN6O2. The molecule has 5 atom stereocenters. The first kappa shape index (κ1) is 24.4. The Morgan fingerprint density at radius 2 is 1.82 bits per heavy atom. The van der Waals surface area contributed by atoms with Gasteiger partial charge in [0, 0.05) is 44.1 Å². The van der Waals surface area contributed by atoms with Crippen molar-refractivity contribution in [3.05, 3.63) is 0 Å². The van der Waals surface area contributed by atoms with Gasteiger partial charge in [0.05, 0.1) is 18.4 Å². The molecule has 0 aromatic heterocycles. The molecule has 2 amide bonds. The average molecular weight is 465 g/mol. The number of nitrogens with one attached hydrogen (secondary N) is 2. The van der Waals surface area contributed by atoms with Crippen molar-refractivity contribution in [2.45, 2.75) is 88.5 Å². The number of hydrogen-bond donors (Lipinski definition) is 4. The van der Waals surface area contributed by atoms with Gasteiger partial charge in [0.2, 0.25) is 11.8 Å².